The molecule has 0 aliphatic carbocycles. The normalized spacial score (nSPS) is 10.6. The lowest BCUT2D eigenvalue weighted by Gasteiger charge is -2.03. The molecule has 2 rings (SSSR count). The SMILES string of the molecule is C=CCCNC(=O)c1cnn2c(C)cc(C)nc12. The highest BCUT2D eigenvalue weighted by Gasteiger charge is 2.14. The van der Waals surface area contributed by atoms with Gasteiger partial charge in [-0.15, -0.1) is 6.58 Å². The van der Waals surface area contributed by atoms with Crippen molar-refractivity contribution in [2.75, 3.05) is 6.54 Å². The maximum atomic E-state index is 12.0. The molecule has 0 bridgehead atoms. The topological polar surface area (TPSA) is 59.3 Å². The summed E-state index contributed by atoms with van der Waals surface area (Å²) in [4.78, 5) is 16.3. The molecule has 2 aromatic heterocycles. The summed E-state index contributed by atoms with van der Waals surface area (Å²) in [6.45, 7) is 8.03. The van der Waals surface area contributed by atoms with Crippen molar-refractivity contribution in [1.29, 1.82) is 0 Å². The van der Waals surface area contributed by atoms with Gasteiger partial charge in [-0.25, -0.2) is 9.50 Å². The van der Waals surface area contributed by atoms with Gasteiger partial charge in [0.15, 0.2) is 5.65 Å². The Kier molecular flexibility index (Phi) is 3.41. The molecule has 0 radical (unpaired) electrons. The van der Waals surface area contributed by atoms with E-state index in [1.807, 2.05) is 19.9 Å². The molecule has 18 heavy (non-hydrogen) atoms. The largest absolute Gasteiger partial charge is 0.352 e. The van der Waals surface area contributed by atoms with Gasteiger partial charge in [0.25, 0.3) is 5.91 Å². The van der Waals surface area contributed by atoms with Gasteiger partial charge in [0.2, 0.25) is 0 Å². The molecule has 5 heteroatoms. The fraction of sp³-hybridized carbons (Fsp3) is 0.308. The zero-order valence-electron chi connectivity index (χ0n) is 10.6. The Hall–Kier alpha value is -2.17. The Morgan fingerprint density at radius 3 is 3.06 bits per heavy atom. The van der Waals surface area contributed by atoms with E-state index in [4.69, 9.17) is 0 Å². The Labute approximate surface area is 106 Å². The molecule has 2 aromatic rings. The van der Waals surface area contributed by atoms with Crippen LogP contribution in [0.1, 0.15) is 28.2 Å². The van der Waals surface area contributed by atoms with E-state index in [2.05, 4.69) is 22.0 Å². The van der Waals surface area contributed by atoms with Gasteiger partial charge in [-0.05, 0) is 26.3 Å². The van der Waals surface area contributed by atoms with Gasteiger partial charge in [0, 0.05) is 17.9 Å². The van der Waals surface area contributed by atoms with Crippen molar-refractivity contribution in [3.05, 3.63) is 41.9 Å². The van der Waals surface area contributed by atoms with Crippen molar-refractivity contribution < 1.29 is 4.79 Å². The van der Waals surface area contributed by atoms with Gasteiger partial charge >= 0.3 is 0 Å². The molecule has 94 valence electrons. The molecule has 5 nitrogen and oxygen atoms in total. The van der Waals surface area contributed by atoms with Crippen LogP contribution in [-0.4, -0.2) is 27.0 Å². The minimum Gasteiger partial charge on any atom is -0.352 e. The monoisotopic (exact) mass is 244 g/mol. The quantitative estimate of drug-likeness (QED) is 0.657. The third-order valence-corrected chi connectivity index (χ3v) is 2.66. The molecule has 0 aliphatic rings. The van der Waals surface area contributed by atoms with Crippen LogP contribution < -0.4 is 5.32 Å². The minimum absolute atomic E-state index is 0.149. The summed E-state index contributed by atoms with van der Waals surface area (Å²) in [6, 6.07) is 1.93. The Morgan fingerprint density at radius 1 is 1.56 bits per heavy atom. The number of nitrogens with one attached hydrogen (secondary N) is 1. The fourth-order valence-corrected chi connectivity index (χ4v) is 1.81. The van der Waals surface area contributed by atoms with Gasteiger partial charge in [-0.3, -0.25) is 4.79 Å². The van der Waals surface area contributed by atoms with E-state index in [9.17, 15) is 4.79 Å². The van der Waals surface area contributed by atoms with Crippen LogP contribution in [0.15, 0.2) is 24.9 Å². The summed E-state index contributed by atoms with van der Waals surface area (Å²) in [5.74, 6) is -0.149. The molecule has 1 amide bonds. The highest BCUT2D eigenvalue weighted by Crippen LogP contribution is 2.11. The molecular weight excluding hydrogens is 228 g/mol. The van der Waals surface area contributed by atoms with Crippen LogP contribution in [0.2, 0.25) is 0 Å². The summed E-state index contributed by atoms with van der Waals surface area (Å²) in [5.41, 5.74) is 2.94. The number of aromatic nitrogens is 3. The van der Waals surface area contributed by atoms with Gasteiger partial charge < -0.3 is 5.32 Å². The maximum Gasteiger partial charge on any atom is 0.256 e. The first-order chi connectivity index (χ1) is 8.63. The number of nitrogens with zero attached hydrogens (tertiary/aromatic N) is 3. The van der Waals surface area contributed by atoms with Crippen LogP contribution in [-0.2, 0) is 0 Å². The third-order valence-electron chi connectivity index (χ3n) is 2.66. The van der Waals surface area contributed by atoms with E-state index >= 15 is 0 Å². The zero-order valence-corrected chi connectivity index (χ0v) is 10.6. The van der Waals surface area contributed by atoms with E-state index in [0.717, 1.165) is 17.8 Å². The van der Waals surface area contributed by atoms with Crippen molar-refractivity contribution in [1.82, 2.24) is 19.9 Å². The molecule has 0 spiro atoms. The van der Waals surface area contributed by atoms with Gasteiger partial charge in [-0.2, -0.15) is 5.10 Å². The van der Waals surface area contributed by atoms with Crippen LogP contribution in [0, 0.1) is 13.8 Å². The van der Waals surface area contributed by atoms with Crippen molar-refractivity contribution in [3.63, 3.8) is 0 Å². The number of fused-ring (bicyclic) bond motifs is 1. The van der Waals surface area contributed by atoms with Crippen LogP contribution in [0.25, 0.3) is 5.65 Å². The summed E-state index contributed by atoms with van der Waals surface area (Å²) in [5, 5.41) is 7.00. The predicted molar refractivity (Wildman–Crippen MR) is 69.6 cm³/mol. The molecule has 0 unspecified atom stereocenters. The van der Waals surface area contributed by atoms with Crippen molar-refractivity contribution in [3.8, 4) is 0 Å². The molecule has 0 saturated heterocycles. The van der Waals surface area contributed by atoms with Crippen molar-refractivity contribution in [2.24, 2.45) is 0 Å². The van der Waals surface area contributed by atoms with E-state index in [1.165, 1.54) is 0 Å². The number of hydrogen-bond acceptors (Lipinski definition) is 3. The standard InChI is InChI=1S/C13H16N4O/c1-4-5-6-14-13(18)11-8-15-17-10(3)7-9(2)16-12(11)17/h4,7-8H,1,5-6H2,2-3H3,(H,14,18). The summed E-state index contributed by atoms with van der Waals surface area (Å²) in [7, 11) is 0. The Morgan fingerprint density at radius 2 is 2.33 bits per heavy atom. The molecule has 0 aromatic carbocycles. The zero-order chi connectivity index (χ0) is 13.1. The van der Waals surface area contributed by atoms with Gasteiger partial charge in [-0.1, -0.05) is 6.08 Å². The Balaban J connectivity index is 2.34. The molecular formula is C13H16N4O. The third kappa shape index (κ3) is 2.25. The summed E-state index contributed by atoms with van der Waals surface area (Å²) < 4.78 is 1.68. The van der Waals surface area contributed by atoms with E-state index < -0.39 is 0 Å². The molecule has 0 aliphatic heterocycles. The van der Waals surface area contributed by atoms with E-state index in [0.29, 0.717) is 17.8 Å². The second-order valence-electron chi connectivity index (χ2n) is 4.17. The van der Waals surface area contributed by atoms with Gasteiger partial charge in [0.05, 0.1) is 6.20 Å². The van der Waals surface area contributed by atoms with Crippen molar-refractivity contribution in [2.45, 2.75) is 20.3 Å². The molecule has 0 atom stereocenters. The first-order valence-electron chi connectivity index (χ1n) is 5.84. The predicted octanol–water partition coefficient (Wildman–Crippen LogP) is 1.65. The molecule has 0 fully saturated rings. The molecule has 0 saturated carbocycles. The average molecular weight is 244 g/mol. The number of amides is 1. The molecule has 1 N–H and O–H groups in total. The minimum atomic E-state index is -0.149. The first kappa shape index (κ1) is 12.3. The highest BCUT2D eigenvalue weighted by molar-refractivity contribution is 5.99. The lowest BCUT2D eigenvalue weighted by molar-refractivity contribution is 0.0956. The summed E-state index contributed by atoms with van der Waals surface area (Å²) >= 11 is 0. The fourth-order valence-electron chi connectivity index (χ4n) is 1.81. The highest BCUT2D eigenvalue weighted by atomic mass is 16.1. The number of carbonyl (C=O) groups is 1. The Bertz CT molecular complexity index is 600. The summed E-state index contributed by atoms with van der Waals surface area (Å²) in [6.07, 6.45) is 4.07. The number of aryl methyl sites for hydroxylation is 2. The first-order valence-corrected chi connectivity index (χ1v) is 5.84. The van der Waals surface area contributed by atoms with Crippen LogP contribution in [0.4, 0.5) is 0 Å². The van der Waals surface area contributed by atoms with E-state index in [-0.39, 0.29) is 5.91 Å². The average Bonchev–Trinajstić information content (AvgIpc) is 2.73. The van der Waals surface area contributed by atoms with Crippen LogP contribution in [0.5, 0.6) is 0 Å². The number of hydrogen-bond donors (Lipinski definition) is 1. The molecule has 2 heterocycles. The van der Waals surface area contributed by atoms with Crippen LogP contribution >= 0.6 is 0 Å². The second-order valence-corrected chi connectivity index (χ2v) is 4.17. The lowest BCUT2D eigenvalue weighted by Crippen LogP contribution is -2.24. The maximum absolute atomic E-state index is 12.0. The smallest absolute Gasteiger partial charge is 0.256 e. The number of rotatable bonds is 4. The van der Waals surface area contributed by atoms with Crippen molar-refractivity contribution >= 4 is 11.6 Å². The second kappa shape index (κ2) is 5.00. The van der Waals surface area contributed by atoms with E-state index in [1.54, 1.807) is 16.8 Å². The van der Waals surface area contributed by atoms with Crippen LogP contribution in [0.3, 0.4) is 0 Å². The lowest BCUT2D eigenvalue weighted by atomic mass is 10.3. The van der Waals surface area contributed by atoms with Gasteiger partial charge in [0.1, 0.15) is 5.56 Å². The number of carbonyl (C=O) groups excluding carboxylic acids is 1.